The molecule has 8 heteroatoms. The first-order valence-corrected chi connectivity index (χ1v) is 8.95. The van der Waals surface area contributed by atoms with E-state index in [9.17, 15) is 4.79 Å². The number of carbonyl (C=O) groups is 1. The Morgan fingerprint density at radius 2 is 2.21 bits per heavy atom. The standard InChI is InChI=1S/C16H15ClN4OS2/c1-10(11-5-2-3-6-12(11)17)18-14(22)9-21-15(19-20-16(21)23)13-7-4-8-24-13/h2-8,10H,9H2,1H3,(H,18,22)(H,20,23)/t10-/m0/s1. The van der Waals surface area contributed by atoms with Gasteiger partial charge in [-0.3, -0.25) is 14.5 Å². The van der Waals surface area contributed by atoms with Gasteiger partial charge in [-0.15, -0.1) is 11.3 Å². The van der Waals surface area contributed by atoms with E-state index in [1.54, 1.807) is 22.0 Å². The van der Waals surface area contributed by atoms with Gasteiger partial charge in [-0.05, 0) is 42.2 Å². The minimum atomic E-state index is -0.197. The van der Waals surface area contributed by atoms with Gasteiger partial charge in [-0.1, -0.05) is 35.9 Å². The van der Waals surface area contributed by atoms with E-state index in [1.807, 2.05) is 42.6 Å². The molecule has 124 valence electrons. The summed E-state index contributed by atoms with van der Waals surface area (Å²) in [4.78, 5) is 13.4. The molecular weight excluding hydrogens is 364 g/mol. The Morgan fingerprint density at radius 1 is 1.42 bits per heavy atom. The van der Waals surface area contributed by atoms with Crippen molar-refractivity contribution in [3.8, 4) is 10.7 Å². The molecule has 2 heterocycles. The second-order valence-corrected chi connectivity index (χ2v) is 6.97. The van der Waals surface area contributed by atoms with Crippen LogP contribution in [0.15, 0.2) is 41.8 Å². The van der Waals surface area contributed by atoms with Gasteiger partial charge in [-0.25, -0.2) is 0 Å². The summed E-state index contributed by atoms with van der Waals surface area (Å²) in [6.45, 7) is 1.99. The summed E-state index contributed by atoms with van der Waals surface area (Å²) in [5.41, 5.74) is 0.877. The van der Waals surface area contributed by atoms with Crippen LogP contribution in [-0.2, 0) is 11.3 Å². The quantitative estimate of drug-likeness (QED) is 0.654. The second kappa shape index (κ2) is 7.29. The molecule has 5 nitrogen and oxygen atoms in total. The Kier molecular flexibility index (Phi) is 5.13. The van der Waals surface area contributed by atoms with Crippen molar-refractivity contribution < 1.29 is 4.79 Å². The third kappa shape index (κ3) is 3.58. The highest BCUT2D eigenvalue weighted by Gasteiger charge is 2.16. The van der Waals surface area contributed by atoms with E-state index >= 15 is 0 Å². The number of halogens is 1. The van der Waals surface area contributed by atoms with Crippen molar-refractivity contribution in [2.24, 2.45) is 0 Å². The van der Waals surface area contributed by atoms with Crippen LogP contribution in [0.1, 0.15) is 18.5 Å². The van der Waals surface area contributed by atoms with Crippen LogP contribution in [-0.4, -0.2) is 20.7 Å². The second-order valence-electron chi connectivity index (χ2n) is 5.23. The van der Waals surface area contributed by atoms with Crippen LogP contribution in [0.5, 0.6) is 0 Å². The lowest BCUT2D eigenvalue weighted by molar-refractivity contribution is -0.122. The lowest BCUT2D eigenvalue weighted by atomic mass is 10.1. The number of amides is 1. The topological polar surface area (TPSA) is 62.7 Å². The highest BCUT2D eigenvalue weighted by atomic mass is 35.5. The number of nitrogens with one attached hydrogen (secondary N) is 2. The molecule has 2 aromatic heterocycles. The first kappa shape index (κ1) is 16.9. The lowest BCUT2D eigenvalue weighted by Crippen LogP contribution is -2.30. The molecule has 0 aliphatic carbocycles. The van der Waals surface area contributed by atoms with Gasteiger partial charge >= 0.3 is 0 Å². The number of aromatic nitrogens is 3. The Balaban J connectivity index is 1.76. The summed E-state index contributed by atoms with van der Waals surface area (Å²) in [5.74, 6) is 0.508. The monoisotopic (exact) mass is 378 g/mol. The zero-order valence-electron chi connectivity index (χ0n) is 12.8. The molecule has 0 aliphatic heterocycles. The maximum atomic E-state index is 12.4. The molecule has 0 saturated carbocycles. The SMILES string of the molecule is C[C@H](NC(=O)Cn1c(-c2cccs2)n[nH]c1=S)c1ccccc1Cl. The highest BCUT2D eigenvalue weighted by Crippen LogP contribution is 2.24. The predicted molar refractivity (Wildman–Crippen MR) is 98.7 cm³/mol. The fourth-order valence-corrected chi connectivity index (χ4v) is 3.61. The Bertz CT molecular complexity index is 901. The van der Waals surface area contributed by atoms with Gasteiger partial charge in [-0.2, -0.15) is 5.10 Å². The molecule has 2 N–H and O–H groups in total. The molecule has 24 heavy (non-hydrogen) atoms. The predicted octanol–water partition coefficient (Wildman–Crippen LogP) is 4.20. The molecule has 0 aliphatic rings. The average molecular weight is 379 g/mol. The fraction of sp³-hybridized carbons (Fsp3) is 0.188. The largest absolute Gasteiger partial charge is 0.348 e. The van der Waals surface area contributed by atoms with Gasteiger partial charge in [0.25, 0.3) is 0 Å². The summed E-state index contributed by atoms with van der Waals surface area (Å²) < 4.78 is 2.11. The van der Waals surface area contributed by atoms with Crippen LogP contribution in [0.2, 0.25) is 5.02 Å². The van der Waals surface area contributed by atoms with E-state index in [-0.39, 0.29) is 18.5 Å². The number of nitrogens with zero attached hydrogens (tertiary/aromatic N) is 2. The summed E-state index contributed by atoms with van der Waals surface area (Å²) in [7, 11) is 0. The Hall–Kier alpha value is -1.96. The molecule has 1 atom stereocenters. The molecule has 0 fully saturated rings. The minimum Gasteiger partial charge on any atom is -0.348 e. The van der Waals surface area contributed by atoms with Crippen LogP contribution >= 0.6 is 35.2 Å². The van der Waals surface area contributed by atoms with Crippen molar-refractivity contribution in [1.82, 2.24) is 20.1 Å². The van der Waals surface area contributed by atoms with E-state index in [2.05, 4.69) is 15.5 Å². The van der Waals surface area contributed by atoms with Crippen LogP contribution in [0.4, 0.5) is 0 Å². The van der Waals surface area contributed by atoms with Crippen molar-refractivity contribution in [2.45, 2.75) is 19.5 Å². The molecule has 3 rings (SSSR count). The normalized spacial score (nSPS) is 12.1. The number of thiophene rings is 1. The van der Waals surface area contributed by atoms with Crippen molar-refractivity contribution in [3.05, 3.63) is 57.1 Å². The van der Waals surface area contributed by atoms with Crippen molar-refractivity contribution in [3.63, 3.8) is 0 Å². The zero-order valence-corrected chi connectivity index (χ0v) is 15.2. The van der Waals surface area contributed by atoms with Crippen molar-refractivity contribution in [1.29, 1.82) is 0 Å². The fourth-order valence-electron chi connectivity index (χ4n) is 2.39. The first-order valence-electron chi connectivity index (χ1n) is 7.29. The Labute approximate surface area is 153 Å². The van der Waals surface area contributed by atoms with Crippen molar-refractivity contribution in [2.75, 3.05) is 0 Å². The van der Waals surface area contributed by atoms with E-state index < -0.39 is 0 Å². The average Bonchev–Trinajstić information content (AvgIpc) is 3.18. The maximum absolute atomic E-state index is 12.4. The first-order chi connectivity index (χ1) is 11.6. The minimum absolute atomic E-state index is 0.0946. The van der Waals surface area contributed by atoms with E-state index in [0.29, 0.717) is 15.6 Å². The smallest absolute Gasteiger partial charge is 0.240 e. The summed E-state index contributed by atoms with van der Waals surface area (Å²) in [5, 5.41) is 12.5. The number of benzene rings is 1. The molecule has 1 amide bonds. The number of carbonyl (C=O) groups excluding carboxylic acids is 1. The molecule has 3 aromatic rings. The summed E-state index contributed by atoms with van der Waals surface area (Å²) >= 11 is 13.0. The molecule has 0 spiro atoms. The van der Waals surface area contributed by atoms with E-state index in [0.717, 1.165) is 10.4 Å². The molecule has 0 saturated heterocycles. The van der Waals surface area contributed by atoms with E-state index in [1.165, 1.54) is 0 Å². The van der Waals surface area contributed by atoms with Gasteiger partial charge < -0.3 is 5.32 Å². The number of rotatable bonds is 5. The highest BCUT2D eigenvalue weighted by molar-refractivity contribution is 7.71. The van der Waals surface area contributed by atoms with Gasteiger partial charge in [0.05, 0.1) is 10.9 Å². The Morgan fingerprint density at radius 3 is 2.92 bits per heavy atom. The third-order valence-electron chi connectivity index (χ3n) is 3.55. The summed E-state index contributed by atoms with van der Waals surface area (Å²) in [6, 6.07) is 11.1. The summed E-state index contributed by atoms with van der Waals surface area (Å²) in [6.07, 6.45) is 0. The van der Waals surface area contributed by atoms with Crippen LogP contribution in [0.25, 0.3) is 10.7 Å². The van der Waals surface area contributed by atoms with Gasteiger partial charge in [0, 0.05) is 5.02 Å². The number of H-pyrrole nitrogens is 1. The van der Waals surface area contributed by atoms with Crippen LogP contribution in [0, 0.1) is 4.77 Å². The number of hydrogen-bond acceptors (Lipinski definition) is 4. The van der Waals surface area contributed by atoms with Gasteiger partial charge in [0.2, 0.25) is 5.91 Å². The molecule has 1 aromatic carbocycles. The maximum Gasteiger partial charge on any atom is 0.240 e. The molecule has 0 bridgehead atoms. The van der Waals surface area contributed by atoms with Crippen molar-refractivity contribution >= 4 is 41.1 Å². The number of hydrogen-bond donors (Lipinski definition) is 2. The molecule has 0 unspecified atom stereocenters. The van der Waals surface area contributed by atoms with Gasteiger partial charge in [0.1, 0.15) is 6.54 Å². The molecule has 0 radical (unpaired) electrons. The van der Waals surface area contributed by atoms with Crippen LogP contribution < -0.4 is 5.32 Å². The van der Waals surface area contributed by atoms with Crippen LogP contribution in [0.3, 0.4) is 0 Å². The third-order valence-corrected chi connectivity index (χ3v) is 5.07. The molecular formula is C16H15ClN4OS2. The number of aromatic amines is 1. The zero-order chi connectivity index (χ0) is 17.1. The van der Waals surface area contributed by atoms with E-state index in [4.69, 9.17) is 23.8 Å². The lowest BCUT2D eigenvalue weighted by Gasteiger charge is -2.16. The van der Waals surface area contributed by atoms with Gasteiger partial charge in [0.15, 0.2) is 10.6 Å².